The molecule has 0 aliphatic rings. The van der Waals surface area contributed by atoms with Crippen LogP contribution in [0.25, 0.3) is 5.52 Å². The quantitative estimate of drug-likeness (QED) is 0.842. The van der Waals surface area contributed by atoms with Crippen LogP contribution in [0.5, 0.6) is 0 Å². The van der Waals surface area contributed by atoms with E-state index in [1.807, 2.05) is 6.07 Å². The number of hydrogen-bond donors (Lipinski definition) is 2. The third-order valence-electron chi connectivity index (χ3n) is 2.63. The maximum Gasteiger partial charge on any atom is 0.305 e. The third-order valence-corrected chi connectivity index (χ3v) is 2.63. The number of nitrogens with one attached hydrogen (secondary N) is 1. The van der Waals surface area contributed by atoms with Crippen LogP contribution in [0.15, 0.2) is 18.5 Å². The molecular weight excluding hydrogens is 232 g/mol. The molecule has 0 unspecified atom stereocenters. The van der Waals surface area contributed by atoms with Gasteiger partial charge in [0.1, 0.15) is 5.52 Å². The van der Waals surface area contributed by atoms with Gasteiger partial charge in [-0.1, -0.05) is 13.8 Å². The molecule has 0 fully saturated rings. The van der Waals surface area contributed by atoms with Gasteiger partial charge < -0.3 is 10.4 Å². The molecule has 2 N–H and O–H groups in total. The van der Waals surface area contributed by atoms with Gasteiger partial charge in [0.05, 0.1) is 12.1 Å². The van der Waals surface area contributed by atoms with Gasteiger partial charge in [0.25, 0.3) is 0 Å². The number of fused-ring (bicyclic) bond motifs is 1. The molecule has 2 aromatic heterocycles. The smallest absolute Gasteiger partial charge is 0.305 e. The molecule has 6 heteroatoms. The minimum absolute atomic E-state index is 0.0634. The van der Waals surface area contributed by atoms with E-state index in [1.165, 1.54) is 0 Å². The normalized spacial score (nSPS) is 11.1. The highest BCUT2D eigenvalue weighted by Gasteiger charge is 2.09. The highest BCUT2D eigenvalue weighted by atomic mass is 16.4. The van der Waals surface area contributed by atoms with E-state index in [9.17, 15) is 4.79 Å². The molecule has 96 valence electrons. The van der Waals surface area contributed by atoms with Crippen molar-refractivity contribution in [2.24, 2.45) is 0 Å². The fourth-order valence-corrected chi connectivity index (χ4v) is 1.65. The number of nitrogens with zero attached hydrogens (tertiary/aromatic N) is 3. The molecule has 0 aliphatic heterocycles. The molecule has 2 rings (SSSR count). The largest absolute Gasteiger partial charge is 0.481 e. The number of aromatic nitrogens is 3. The van der Waals surface area contributed by atoms with Crippen molar-refractivity contribution >= 4 is 17.3 Å². The van der Waals surface area contributed by atoms with Crippen molar-refractivity contribution in [2.45, 2.75) is 26.2 Å². The summed E-state index contributed by atoms with van der Waals surface area (Å²) in [5.41, 5.74) is 1.86. The first-order chi connectivity index (χ1) is 8.58. The van der Waals surface area contributed by atoms with Gasteiger partial charge >= 0.3 is 5.97 Å². The minimum atomic E-state index is -0.828. The van der Waals surface area contributed by atoms with Gasteiger partial charge in [0, 0.05) is 18.9 Å². The summed E-state index contributed by atoms with van der Waals surface area (Å²) in [7, 11) is 0. The van der Waals surface area contributed by atoms with Crippen molar-refractivity contribution in [3.8, 4) is 0 Å². The van der Waals surface area contributed by atoms with Crippen LogP contribution >= 0.6 is 0 Å². The summed E-state index contributed by atoms with van der Waals surface area (Å²) in [5.74, 6) is 0.181. The first-order valence-electron chi connectivity index (χ1n) is 5.88. The fourth-order valence-electron chi connectivity index (χ4n) is 1.65. The first kappa shape index (κ1) is 12.3. The van der Waals surface area contributed by atoms with E-state index in [0.29, 0.717) is 18.3 Å². The van der Waals surface area contributed by atoms with Crippen LogP contribution < -0.4 is 5.32 Å². The van der Waals surface area contributed by atoms with E-state index >= 15 is 0 Å². The maximum absolute atomic E-state index is 10.5. The molecule has 0 spiro atoms. The number of carboxylic acids is 1. The van der Waals surface area contributed by atoms with Gasteiger partial charge in [0.2, 0.25) is 0 Å². The lowest BCUT2D eigenvalue weighted by molar-refractivity contribution is -0.136. The maximum atomic E-state index is 10.5. The lowest BCUT2D eigenvalue weighted by Gasteiger charge is -2.04. The highest BCUT2D eigenvalue weighted by molar-refractivity contribution is 5.70. The van der Waals surface area contributed by atoms with Gasteiger partial charge in [-0.05, 0) is 12.0 Å². The SMILES string of the molecule is CC(C)c1cc2c(NCCC(=O)O)nccn2n1. The number of rotatable bonds is 5. The molecule has 0 saturated carbocycles. The van der Waals surface area contributed by atoms with E-state index in [-0.39, 0.29) is 6.42 Å². The summed E-state index contributed by atoms with van der Waals surface area (Å²) >= 11 is 0. The average Bonchev–Trinajstić information content (AvgIpc) is 2.73. The van der Waals surface area contributed by atoms with Gasteiger partial charge in [-0.3, -0.25) is 4.79 Å². The van der Waals surface area contributed by atoms with Crippen LogP contribution in [-0.4, -0.2) is 32.2 Å². The van der Waals surface area contributed by atoms with Crippen LogP contribution in [-0.2, 0) is 4.79 Å². The zero-order valence-electron chi connectivity index (χ0n) is 10.4. The van der Waals surface area contributed by atoms with E-state index < -0.39 is 5.97 Å². The topological polar surface area (TPSA) is 79.5 Å². The Kier molecular flexibility index (Phi) is 3.45. The molecule has 0 atom stereocenters. The number of hydrogen-bond acceptors (Lipinski definition) is 4. The van der Waals surface area contributed by atoms with Gasteiger partial charge in [-0.2, -0.15) is 5.10 Å². The lowest BCUT2D eigenvalue weighted by Crippen LogP contribution is -2.09. The molecule has 0 bridgehead atoms. The molecular formula is C12H16N4O2. The molecule has 18 heavy (non-hydrogen) atoms. The third kappa shape index (κ3) is 2.58. The number of carboxylic acid groups (broad SMARTS) is 1. The second kappa shape index (κ2) is 5.03. The molecule has 0 saturated heterocycles. The minimum Gasteiger partial charge on any atom is -0.481 e. The summed E-state index contributed by atoms with van der Waals surface area (Å²) in [6, 6.07) is 1.97. The summed E-state index contributed by atoms with van der Waals surface area (Å²) in [6.45, 7) is 4.50. The Bertz CT molecular complexity index is 562. The van der Waals surface area contributed by atoms with Crippen LogP contribution in [0.4, 0.5) is 5.82 Å². The molecule has 0 radical (unpaired) electrons. The summed E-state index contributed by atoms with van der Waals surface area (Å²) in [5, 5.41) is 16.1. The molecule has 2 heterocycles. The van der Waals surface area contributed by atoms with E-state index in [2.05, 4.69) is 29.2 Å². The van der Waals surface area contributed by atoms with Crippen molar-refractivity contribution < 1.29 is 9.90 Å². The number of anilines is 1. The molecule has 0 aromatic carbocycles. The Morgan fingerprint density at radius 1 is 1.56 bits per heavy atom. The van der Waals surface area contributed by atoms with Crippen LogP contribution in [0.3, 0.4) is 0 Å². The van der Waals surface area contributed by atoms with Crippen molar-refractivity contribution in [3.05, 3.63) is 24.2 Å². The predicted octanol–water partition coefficient (Wildman–Crippen LogP) is 1.74. The summed E-state index contributed by atoms with van der Waals surface area (Å²) in [6.07, 6.45) is 3.49. The number of carbonyl (C=O) groups is 1. The van der Waals surface area contributed by atoms with E-state index in [4.69, 9.17) is 5.11 Å². The second-order valence-corrected chi connectivity index (χ2v) is 4.40. The highest BCUT2D eigenvalue weighted by Crippen LogP contribution is 2.19. The first-order valence-corrected chi connectivity index (χ1v) is 5.88. The second-order valence-electron chi connectivity index (χ2n) is 4.40. The standard InChI is InChI=1S/C12H16N4O2/c1-8(2)9-7-10-12(13-4-3-11(17)18)14-5-6-16(10)15-9/h5-8H,3-4H2,1-2H3,(H,13,14)(H,17,18). The zero-order valence-corrected chi connectivity index (χ0v) is 10.4. The van der Waals surface area contributed by atoms with Gasteiger partial charge in [0.15, 0.2) is 5.82 Å². The lowest BCUT2D eigenvalue weighted by atomic mass is 10.1. The Hall–Kier alpha value is -2.11. The summed E-state index contributed by atoms with van der Waals surface area (Å²) < 4.78 is 1.76. The van der Waals surface area contributed by atoms with Crippen LogP contribution in [0.1, 0.15) is 31.9 Å². The molecule has 6 nitrogen and oxygen atoms in total. The Labute approximate surface area is 105 Å². The van der Waals surface area contributed by atoms with Crippen LogP contribution in [0, 0.1) is 0 Å². The summed E-state index contributed by atoms with van der Waals surface area (Å²) in [4.78, 5) is 14.7. The molecule has 2 aromatic rings. The number of aliphatic carboxylic acids is 1. The van der Waals surface area contributed by atoms with Crippen molar-refractivity contribution in [3.63, 3.8) is 0 Å². The van der Waals surface area contributed by atoms with Gasteiger partial charge in [-0.25, -0.2) is 9.50 Å². The fraction of sp³-hybridized carbons (Fsp3) is 0.417. The Morgan fingerprint density at radius 3 is 3.00 bits per heavy atom. The molecule has 0 aliphatic carbocycles. The Morgan fingerprint density at radius 2 is 2.33 bits per heavy atom. The van der Waals surface area contributed by atoms with E-state index in [1.54, 1.807) is 16.9 Å². The Balaban J connectivity index is 2.24. The van der Waals surface area contributed by atoms with Crippen molar-refractivity contribution in [1.82, 2.24) is 14.6 Å². The van der Waals surface area contributed by atoms with Crippen molar-refractivity contribution in [1.29, 1.82) is 0 Å². The van der Waals surface area contributed by atoms with Gasteiger partial charge in [-0.15, -0.1) is 0 Å². The van der Waals surface area contributed by atoms with E-state index in [0.717, 1.165) is 11.2 Å². The van der Waals surface area contributed by atoms with Crippen LogP contribution in [0.2, 0.25) is 0 Å². The average molecular weight is 248 g/mol. The van der Waals surface area contributed by atoms with Crippen molar-refractivity contribution in [2.75, 3.05) is 11.9 Å². The molecule has 0 amide bonds. The monoisotopic (exact) mass is 248 g/mol. The zero-order chi connectivity index (χ0) is 13.1. The predicted molar refractivity (Wildman–Crippen MR) is 67.8 cm³/mol.